The molecule has 62 heavy (non-hydrogen) atoms. The van der Waals surface area contributed by atoms with Gasteiger partial charge >= 0.3 is 5.97 Å². The first-order valence-electron chi connectivity index (χ1n) is 20.4. The molecule has 4 aliphatic rings. The van der Waals surface area contributed by atoms with Crippen molar-refractivity contribution >= 4 is 58.3 Å². The van der Waals surface area contributed by atoms with E-state index in [9.17, 15) is 19.2 Å². The normalized spacial score (nSPS) is 16.6. The topological polar surface area (TPSA) is 149 Å². The van der Waals surface area contributed by atoms with Crippen LogP contribution in [-0.2, 0) is 40.4 Å². The molecule has 0 radical (unpaired) electrons. The van der Waals surface area contributed by atoms with Crippen LogP contribution in [0.3, 0.4) is 0 Å². The second kappa shape index (κ2) is 16.6. The summed E-state index contributed by atoms with van der Waals surface area (Å²) < 4.78 is 29.1. The Labute approximate surface area is 358 Å². The molecular formula is C48H45N5O9. The molecule has 14 heteroatoms. The molecular weight excluding hydrogens is 791 g/mol. The first-order chi connectivity index (χ1) is 30.1. The lowest BCUT2D eigenvalue weighted by Gasteiger charge is -2.23. The molecule has 0 saturated heterocycles. The molecule has 0 spiro atoms. The number of para-hydroxylation sites is 2. The van der Waals surface area contributed by atoms with Crippen LogP contribution in [0.4, 0.5) is 28.4 Å². The Morgan fingerprint density at radius 1 is 0.726 bits per heavy atom. The molecule has 2 atom stereocenters. The number of rotatable bonds is 12. The molecule has 9 rings (SSSR count). The number of methoxy groups -OCH3 is 3. The number of amides is 3. The minimum atomic E-state index is -0.481. The van der Waals surface area contributed by atoms with Crippen LogP contribution in [0.25, 0.3) is 0 Å². The van der Waals surface area contributed by atoms with Gasteiger partial charge in [-0.3, -0.25) is 29.1 Å². The standard InChI is InChI=1S/C48H45N5O9/c1-51(45(54)13-14-46(55)60-4)32-16-28(26-61-43-22-37-35(20-41(43)58-2)47(56)52-33(24-49-37)18-30-9-5-7-11-39(30)52)15-29(17-32)27-62-44-23-38-36(21-42(44)59-3)48(57)53-34(25-50-38)19-31-10-6-8-12-40(31)53/h5-12,15-17,20-24,33-34,50H,13-14,18-19,25-27H2,1-4H3. The number of benzene rings is 5. The number of carbonyl (C=O) groups excluding carboxylic acids is 4. The largest absolute Gasteiger partial charge is 0.493 e. The molecule has 0 fully saturated rings. The van der Waals surface area contributed by atoms with E-state index in [1.807, 2.05) is 65.6 Å². The zero-order valence-corrected chi connectivity index (χ0v) is 34.8. The monoisotopic (exact) mass is 835 g/mol. The number of anilines is 4. The van der Waals surface area contributed by atoms with Crippen molar-refractivity contribution in [2.24, 2.45) is 4.99 Å². The van der Waals surface area contributed by atoms with Crippen LogP contribution in [0.2, 0.25) is 0 Å². The Bertz CT molecular complexity index is 2660. The third kappa shape index (κ3) is 7.41. The van der Waals surface area contributed by atoms with Crippen LogP contribution in [0.1, 0.15) is 55.8 Å². The summed E-state index contributed by atoms with van der Waals surface area (Å²) in [5, 5.41) is 3.47. The summed E-state index contributed by atoms with van der Waals surface area (Å²) >= 11 is 0. The number of nitrogens with zero attached hydrogens (tertiary/aromatic N) is 4. The predicted octanol–water partition coefficient (Wildman–Crippen LogP) is 7.06. The van der Waals surface area contributed by atoms with Gasteiger partial charge in [-0.05, 0) is 71.1 Å². The Morgan fingerprint density at radius 2 is 1.34 bits per heavy atom. The Balaban J connectivity index is 0.982. The first kappa shape index (κ1) is 40.1. The van der Waals surface area contributed by atoms with E-state index in [4.69, 9.17) is 28.7 Å². The average molecular weight is 836 g/mol. The van der Waals surface area contributed by atoms with Gasteiger partial charge in [-0.2, -0.15) is 0 Å². The van der Waals surface area contributed by atoms with E-state index in [1.165, 1.54) is 26.2 Å². The molecule has 0 bridgehead atoms. The van der Waals surface area contributed by atoms with Crippen LogP contribution in [0, 0.1) is 0 Å². The van der Waals surface area contributed by atoms with Gasteiger partial charge in [0.2, 0.25) is 5.91 Å². The van der Waals surface area contributed by atoms with Gasteiger partial charge in [-0.25, -0.2) is 0 Å². The molecule has 0 aliphatic carbocycles. The molecule has 14 nitrogen and oxygen atoms in total. The summed E-state index contributed by atoms with van der Waals surface area (Å²) in [4.78, 5) is 63.0. The average Bonchev–Trinajstić information content (AvgIpc) is 3.79. The molecule has 0 aromatic heterocycles. The zero-order valence-electron chi connectivity index (χ0n) is 34.8. The summed E-state index contributed by atoms with van der Waals surface area (Å²) in [5.41, 5.74) is 7.96. The number of ether oxygens (including phenoxy) is 5. The number of hydrogen-bond acceptors (Lipinski definition) is 11. The van der Waals surface area contributed by atoms with Crippen LogP contribution in [-0.4, -0.2) is 76.9 Å². The second-order valence-electron chi connectivity index (χ2n) is 15.6. The number of fused-ring (bicyclic) bond motifs is 8. The number of esters is 1. The van der Waals surface area contributed by atoms with Crippen LogP contribution >= 0.6 is 0 Å². The molecule has 4 heterocycles. The minimum absolute atomic E-state index is 0.0322. The van der Waals surface area contributed by atoms with Crippen LogP contribution in [0.5, 0.6) is 23.0 Å². The third-order valence-electron chi connectivity index (χ3n) is 11.8. The van der Waals surface area contributed by atoms with E-state index in [2.05, 4.69) is 11.4 Å². The van der Waals surface area contributed by atoms with E-state index in [1.54, 1.807) is 42.4 Å². The summed E-state index contributed by atoms with van der Waals surface area (Å²) in [6.07, 6.45) is 3.12. The fourth-order valence-electron chi connectivity index (χ4n) is 8.65. The smallest absolute Gasteiger partial charge is 0.306 e. The Kier molecular flexibility index (Phi) is 10.7. The number of hydrogen-bond donors (Lipinski definition) is 1. The summed E-state index contributed by atoms with van der Waals surface area (Å²) in [6, 6.07) is 28.0. The quantitative estimate of drug-likeness (QED) is 0.130. The highest BCUT2D eigenvalue weighted by Gasteiger charge is 2.39. The zero-order chi connectivity index (χ0) is 43.1. The van der Waals surface area contributed by atoms with Crippen molar-refractivity contribution in [2.75, 3.05) is 54.9 Å². The molecule has 316 valence electrons. The van der Waals surface area contributed by atoms with Gasteiger partial charge in [0, 0.05) is 61.8 Å². The fraction of sp³-hybridized carbons (Fsp3) is 0.271. The molecule has 1 N–H and O–H groups in total. The molecule has 4 aliphatic heterocycles. The van der Waals surface area contributed by atoms with Crippen molar-refractivity contribution in [1.29, 1.82) is 0 Å². The lowest BCUT2D eigenvalue weighted by atomic mass is 10.1. The maximum Gasteiger partial charge on any atom is 0.306 e. The van der Waals surface area contributed by atoms with Gasteiger partial charge in [0.15, 0.2) is 23.0 Å². The molecule has 5 aromatic carbocycles. The lowest BCUT2D eigenvalue weighted by molar-refractivity contribution is -0.141. The van der Waals surface area contributed by atoms with Gasteiger partial charge < -0.3 is 38.8 Å². The number of nitrogens with one attached hydrogen (secondary N) is 1. The first-order valence-corrected chi connectivity index (χ1v) is 20.4. The predicted molar refractivity (Wildman–Crippen MR) is 234 cm³/mol. The van der Waals surface area contributed by atoms with Gasteiger partial charge in [0.1, 0.15) is 13.2 Å². The van der Waals surface area contributed by atoms with Crippen LogP contribution < -0.4 is 39.0 Å². The van der Waals surface area contributed by atoms with Gasteiger partial charge in [-0.1, -0.05) is 36.4 Å². The van der Waals surface area contributed by atoms with Crippen molar-refractivity contribution in [3.8, 4) is 23.0 Å². The van der Waals surface area contributed by atoms with Crippen molar-refractivity contribution < 1.29 is 42.9 Å². The Hall–Kier alpha value is -7.35. The number of carbonyl (C=O) groups is 4. The van der Waals surface area contributed by atoms with Crippen molar-refractivity contribution in [3.05, 3.63) is 124 Å². The molecule has 5 aromatic rings. The van der Waals surface area contributed by atoms with Gasteiger partial charge in [0.25, 0.3) is 11.8 Å². The Morgan fingerprint density at radius 3 is 2.02 bits per heavy atom. The number of aliphatic imine (C=N–C) groups is 1. The summed E-state index contributed by atoms with van der Waals surface area (Å²) in [7, 11) is 5.97. The highest BCUT2D eigenvalue weighted by atomic mass is 16.5. The van der Waals surface area contributed by atoms with Crippen molar-refractivity contribution in [2.45, 2.75) is 51.0 Å². The summed E-state index contributed by atoms with van der Waals surface area (Å²) in [5.74, 6) is 0.501. The minimum Gasteiger partial charge on any atom is -0.493 e. The van der Waals surface area contributed by atoms with E-state index in [0.29, 0.717) is 75.3 Å². The van der Waals surface area contributed by atoms with Crippen molar-refractivity contribution in [3.63, 3.8) is 0 Å². The SMILES string of the molecule is COC(=O)CCC(=O)N(C)c1cc(COc2cc3c(cc2OC)C(=O)N2c4ccccc4CC2C=N3)cc(COc2cc3c(cc2OC)C(=O)N2c4ccccc4CC2CN3)c1. The molecule has 0 saturated carbocycles. The maximum absolute atomic E-state index is 14.0. The van der Waals surface area contributed by atoms with Gasteiger partial charge in [0.05, 0.1) is 62.3 Å². The third-order valence-corrected chi connectivity index (χ3v) is 11.8. The van der Waals surface area contributed by atoms with E-state index in [-0.39, 0.29) is 55.9 Å². The lowest BCUT2D eigenvalue weighted by Crippen LogP contribution is -2.39. The van der Waals surface area contributed by atoms with E-state index in [0.717, 1.165) is 28.9 Å². The van der Waals surface area contributed by atoms with Crippen LogP contribution in [0.15, 0.2) is 96.0 Å². The second-order valence-corrected chi connectivity index (χ2v) is 15.6. The molecule has 2 unspecified atom stereocenters. The fourth-order valence-corrected chi connectivity index (χ4v) is 8.65. The van der Waals surface area contributed by atoms with E-state index >= 15 is 0 Å². The highest BCUT2D eigenvalue weighted by Crippen LogP contribution is 2.43. The molecule has 3 amide bonds. The highest BCUT2D eigenvalue weighted by molar-refractivity contribution is 6.15. The van der Waals surface area contributed by atoms with Crippen molar-refractivity contribution in [1.82, 2.24) is 0 Å². The maximum atomic E-state index is 14.0. The van der Waals surface area contributed by atoms with Gasteiger partial charge in [-0.15, -0.1) is 0 Å². The van der Waals surface area contributed by atoms with E-state index < -0.39 is 5.97 Å². The summed E-state index contributed by atoms with van der Waals surface area (Å²) in [6.45, 7) is 0.678.